The molecule has 3 rings (SSSR count). The number of hydrogen-bond donors (Lipinski definition) is 1. The molecule has 0 fully saturated rings. The molecule has 1 aromatic rings. The molecule has 0 spiro atoms. The quantitative estimate of drug-likeness (QED) is 0.906. The summed E-state index contributed by atoms with van der Waals surface area (Å²) >= 11 is 0. The Morgan fingerprint density at radius 2 is 2.05 bits per heavy atom. The molecule has 0 bridgehead atoms. The first kappa shape index (κ1) is 12.7. The van der Waals surface area contributed by atoms with Gasteiger partial charge < -0.3 is 24.3 Å². The van der Waals surface area contributed by atoms with Crippen molar-refractivity contribution in [2.24, 2.45) is 0 Å². The highest BCUT2D eigenvalue weighted by atomic mass is 16.7. The van der Waals surface area contributed by atoms with Crippen LogP contribution < -0.4 is 14.8 Å². The van der Waals surface area contributed by atoms with E-state index in [0.29, 0.717) is 19.0 Å². The van der Waals surface area contributed by atoms with Gasteiger partial charge in [0.25, 0.3) is 5.91 Å². The van der Waals surface area contributed by atoms with Crippen LogP contribution in [-0.4, -0.2) is 25.9 Å². The Morgan fingerprint density at radius 3 is 2.85 bits per heavy atom. The SMILES string of the molecule is CC(NC(=O)C1=COCCO1)c1ccc2c(c1)OCO2. The second-order valence-corrected chi connectivity index (χ2v) is 4.51. The van der Waals surface area contributed by atoms with Crippen LogP contribution in [0, 0.1) is 0 Å². The Kier molecular flexibility index (Phi) is 3.37. The van der Waals surface area contributed by atoms with Gasteiger partial charge in [0.05, 0.1) is 6.04 Å². The van der Waals surface area contributed by atoms with Gasteiger partial charge in [-0.15, -0.1) is 0 Å². The second-order valence-electron chi connectivity index (χ2n) is 4.51. The highest BCUT2D eigenvalue weighted by molar-refractivity contribution is 5.91. The number of rotatable bonds is 3. The van der Waals surface area contributed by atoms with Crippen LogP contribution in [0.1, 0.15) is 18.5 Å². The summed E-state index contributed by atoms with van der Waals surface area (Å²) in [6, 6.07) is 5.41. The lowest BCUT2D eigenvalue weighted by Crippen LogP contribution is -2.30. The summed E-state index contributed by atoms with van der Waals surface area (Å²) in [6.45, 7) is 2.98. The summed E-state index contributed by atoms with van der Waals surface area (Å²) in [5, 5.41) is 2.85. The standard InChI is InChI=1S/C14H15NO5/c1-9(15-14(16)13-7-17-4-5-18-13)10-2-3-11-12(6-10)20-8-19-11/h2-3,6-7,9H,4-5,8H2,1H3,(H,15,16). The Hall–Kier alpha value is -2.37. The molecule has 1 atom stereocenters. The molecule has 0 aliphatic carbocycles. The molecule has 0 saturated heterocycles. The third-order valence-electron chi connectivity index (χ3n) is 3.12. The number of hydrogen-bond acceptors (Lipinski definition) is 5. The van der Waals surface area contributed by atoms with Crippen LogP contribution in [0.25, 0.3) is 0 Å². The minimum atomic E-state index is -0.296. The van der Waals surface area contributed by atoms with Crippen LogP contribution in [0.15, 0.2) is 30.2 Å². The zero-order chi connectivity index (χ0) is 13.9. The van der Waals surface area contributed by atoms with Crippen molar-refractivity contribution in [1.82, 2.24) is 5.32 Å². The molecule has 20 heavy (non-hydrogen) atoms. The summed E-state index contributed by atoms with van der Waals surface area (Å²) in [7, 11) is 0. The maximum absolute atomic E-state index is 12.0. The predicted molar refractivity (Wildman–Crippen MR) is 69.1 cm³/mol. The van der Waals surface area contributed by atoms with Crippen LogP contribution in [0.5, 0.6) is 11.5 Å². The number of amides is 1. The van der Waals surface area contributed by atoms with Gasteiger partial charge in [0.1, 0.15) is 19.5 Å². The van der Waals surface area contributed by atoms with E-state index in [4.69, 9.17) is 18.9 Å². The summed E-state index contributed by atoms with van der Waals surface area (Å²) in [5.74, 6) is 1.32. The third kappa shape index (κ3) is 2.49. The topological polar surface area (TPSA) is 66.0 Å². The number of benzene rings is 1. The molecule has 0 radical (unpaired) electrons. The highest BCUT2D eigenvalue weighted by Gasteiger charge is 2.20. The lowest BCUT2D eigenvalue weighted by atomic mass is 10.1. The van der Waals surface area contributed by atoms with Crippen molar-refractivity contribution >= 4 is 5.91 Å². The molecule has 1 aromatic carbocycles. The molecule has 6 nitrogen and oxygen atoms in total. The Morgan fingerprint density at radius 1 is 1.20 bits per heavy atom. The van der Waals surface area contributed by atoms with Crippen LogP contribution in [0.2, 0.25) is 0 Å². The Balaban J connectivity index is 1.68. The van der Waals surface area contributed by atoms with Gasteiger partial charge in [-0.1, -0.05) is 6.07 Å². The van der Waals surface area contributed by atoms with Crippen LogP contribution in [0.4, 0.5) is 0 Å². The molecule has 0 aromatic heterocycles. The van der Waals surface area contributed by atoms with Gasteiger partial charge in [0, 0.05) is 0 Å². The summed E-state index contributed by atoms with van der Waals surface area (Å²) in [6.07, 6.45) is 1.34. The van der Waals surface area contributed by atoms with Crippen molar-refractivity contribution in [3.63, 3.8) is 0 Å². The van der Waals surface area contributed by atoms with Crippen molar-refractivity contribution in [1.29, 1.82) is 0 Å². The first-order chi connectivity index (χ1) is 9.74. The number of ether oxygens (including phenoxy) is 4. The van der Waals surface area contributed by atoms with Gasteiger partial charge in [-0.3, -0.25) is 4.79 Å². The van der Waals surface area contributed by atoms with E-state index in [9.17, 15) is 4.79 Å². The van der Waals surface area contributed by atoms with Gasteiger partial charge in [-0.2, -0.15) is 0 Å². The molecule has 1 amide bonds. The van der Waals surface area contributed by atoms with E-state index in [1.165, 1.54) is 6.26 Å². The first-order valence-electron chi connectivity index (χ1n) is 6.39. The molecule has 2 aliphatic heterocycles. The number of carbonyl (C=O) groups is 1. The van der Waals surface area contributed by atoms with E-state index in [1.807, 2.05) is 25.1 Å². The average Bonchev–Trinajstić information content (AvgIpc) is 2.95. The largest absolute Gasteiger partial charge is 0.494 e. The zero-order valence-electron chi connectivity index (χ0n) is 11.0. The number of carbonyl (C=O) groups excluding carboxylic acids is 1. The van der Waals surface area contributed by atoms with Crippen molar-refractivity contribution in [3.05, 3.63) is 35.8 Å². The van der Waals surface area contributed by atoms with E-state index in [1.54, 1.807) is 0 Å². The van der Waals surface area contributed by atoms with E-state index in [0.717, 1.165) is 11.3 Å². The van der Waals surface area contributed by atoms with E-state index >= 15 is 0 Å². The number of nitrogens with one attached hydrogen (secondary N) is 1. The Labute approximate surface area is 116 Å². The lowest BCUT2D eigenvalue weighted by molar-refractivity contribution is -0.122. The van der Waals surface area contributed by atoms with Crippen LogP contribution >= 0.6 is 0 Å². The van der Waals surface area contributed by atoms with E-state index in [-0.39, 0.29) is 24.5 Å². The maximum atomic E-state index is 12.0. The molecule has 2 heterocycles. The summed E-state index contributed by atoms with van der Waals surface area (Å²) < 4.78 is 20.9. The first-order valence-corrected chi connectivity index (χ1v) is 6.39. The Bertz CT molecular complexity index is 554. The molecule has 2 aliphatic rings. The molecular weight excluding hydrogens is 262 g/mol. The summed E-state index contributed by atoms with van der Waals surface area (Å²) in [5.41, 5.74) is 0.930. The molecule has 106 valence electrons. The average molecular weight is 277 g/mol. The molecule has 6 heteroatoms. The fraction of sp³-hybridized carbons (Fsp3) is 0.357. The van der Waals surface area contributed by atoms with Gasteiger partial charge in [-0.05, 0) is 24.6 Å². The highest BCUT2D eigenvalue weighted by Crippen LogP contribution is 2.34. The lowest BCUT2D eigenvalue weighted by Gasteiger charge is -2.18. The van der Waals surface area contributed by atoms with E-state index in [2.05, 4.69) is 5.32 Å². The van der Waals surface area contributed by atoms with Crippen molar-refractivity contribution < 1.29 is 23.7 Å². The minimum absolute atomic E-state index is 0.177. The fourth-order valence-corrected chi connectivity index (χ4v) is 2.02. The van der Waals surface area contributed by atoms with Gasteiger partial charge in [-0.25, -0.2) is 0 Å². The van der Waals surface area contributed by atoms with Crippen molar-refractivity contribution in [2.45, 2.75) is 13.0 Å². The van der Waals surface area contributed by atoms with Crippen molar-refractivity contribution in [3.8, 4) is 11.5 Å². The van der Waals surface area contributed by atoms with E-state index < -0.39 is 0 Å². The van der Waals surface area contributed by atoms with Gasteiger partial charge >= 0.3 is 0 Å². The van der Waals surface area contributed by atoms with Crippen LogP contribution in [-0.2, 0) is 14.3 Å². The normalized spacial score (nSPS) is 17.6. The van der Waals surface area contributed by atoms with Crippen molar-refractivity contribution in [2.75, 3.05) is 20.0 Å². The maximum Gasteiger partial charge on any atom is 0.290 e. The molecular formula is C14H15NO5. The minimum Gasteiger partial charge on any atom is -0.494 e. The zero-order valence-corrected chi connectivity index (χ0v) is 11.0. The second kappa shape index (κ2) is 5.32. The third-order valence-corrected chi connectivity index (χ3v) is 3.12. The summed E-state index contributed by atoms with van der Waals surface area (Å²) in [4.78, 5) is 12.0. The fourth-order valence-electron chi connectivity index (χ4n) is 2.02. The smallest absolute Gasteiger partial charge is 0.290 e. The molecule has 1 unspecified atom stereocenters. The molecule has 0 saturated carbocycles. The predicted octanol–water partition coefficient (Wildman–Crippen LogP) is 1.48. The van der Waals surface area contributed by atoms with Crippen LogP contribution in [0.3, 0.4) is 0 Å². The van der Waals surface area contributed by atoms with Gasteiger partial charge in [0.2, 0.25) is 12.6 Å². The van der Waals surface area contributed by atoms with Gasteiger partial charge in [0.15, 0.2) is 11.5 Å². The number of fused-ring (bicyclic) bond motifs is 1. The monoisotopic (exact) mass is 277 g/mol. The molecule has 1 N–H and O–H groups in total.